The van der Waals surface area contributed by atoms with E-state index in [0.717, 1.165) is 24.3 Å². The second-order valence-electron chi connectivity index (χ2n) is 7.93. The van der Waals surface area contributed by atoms with Crippen molar-refractivity contribution < 1.29 is 23.8 Å². The van der Waals surface area contributed by atoms with Crippen molar-refractivity contribution >= 4 is 23.5 Å². The molecule has 0 radical (unpaired) electrons. The van der Waals surface area contributed by atoms with Crippen molar-refractivity contribution in [2.45, 2.75) is 20.8 Å². The van der Waals surface area contributed by atoms with Gasteiger partial charge in [-0.3, -0.25) is 4.79 Å². The number of carbonyl (C=O) groups is 2. The Hall–Kier alpha value is -4.06. The molecule has 0 aromatic heterocycles. The van der Waals surface area contributed by atoms with Crippen molar-refractivity contribution in [1.82, 2.24) is 0 Å². The van der Waals surface area contributed by atoms with Gasteiger partial charge in [-0.15, -0.1) is 0 Å². The SMILES string of the molecule is CCN(CC)c1ccc(/C=C2\Oc3cc(OC(=O)c4ccc(OC)cc4)cc(C)c3C2=O)cc1. The molecule has 1 heterocycles. The number of esters is 1. The normalized spacial score (nSPS) is 13.4. The van der Waals surface area contributed by atoms with Crippen LogP contribution in [0.5, 0.6) is 17.2 Å². The topological polar surface area (TPSA) is 65.1 Å². The molecule has 0 saturated carbocycles. The van der Waals surface area contributed by atoms with E-state index < -0.39 is 5.97 Å². The number of methoxy groups -OCH3 is 1. The van der Waals surface area contributed by atoms with Gasteiger partial charge in [-0.25, -0.2) is 4.79 Å². The van der Waals surface area contributed by atoms with Crippen molar-refractivity contribution in [2.24, 2.45) is 0 Å². The van der Waals surface area contributed by atoms with Gasteiger partial charge in [0.05, 0.1) is 18.2 Å². The summed E-state index contributed by atoms with van der Waals surface area (Å²) in [4.78, 5) is 27.8. The van der Waals surface area contributed by atoms with Crippen LogP contribution in [0.25, 0.3) is 6.08 Å². The lowest BCUT2D eigenvalue weighted by atomic mass is 10.0. The Labute approximate surface area is 199 Å². The predicted octanol–water partition coefficient (Wildman–Crippen LogP) is 5.69. The van der Waals surface area contributed by atoms with Crippen LogP contribution in [-0.4, -0.2) is 32.0 Å². The van der Waals surface area contributed by atoms with E-state index in [-0.39, 0.29) is 11.5 Å². The molecular weight excluding hydrogens is 430 g/mol. The highest BCUT2D eigenvalue weighted by Gasteiger charge is 2.30. The van der Waals surface area contributed by atoms with Gasteiger partial charge >= 0.3 is 5.97 Å². The number of carbonyl (C=O) groups excluding carboxylic acids is 2. The van der Waals surface area contributed by atoms with Crippen molar-refractivity contribution in [3.8, 4) is 17.2 Å². The molecule has 3 aromatic rings. The predicted molar refractivity (Wildman–Crippen MR) is 132 cm³/mol. The molecule has 0 atom stereocenters. The van der Waals surface area contributed by atoms with E-state index in [1.54, 1.807) is 56.5 Å². The van der Waals surface area contributed by atoms with Crippen LogP contribution >= 0.6 is 0 Å². The van der Waals surface area contributed by atoms with Gasteiger partial charge in [0, 0.05) is 24.8 Å². The largest absolute Gasteiger partial charge is 0.497 e. The minimum absolute atomic E-state index is 0.187. The van der Waals surface area contributed by atoms with Gasteiger partial charge in [0.25, 0.3) is 0 Å². The van der Waals surface area contributed by atoms with Crippen molar-refractivity contribution in [2.75, 3.05) is 25.1 Å². The van der Waals surface area contributed by atoms with Crippen LogP contribution in [0.4, 0.5) is 5.69 Å². The maximum absolute atomic E-state index is 13.0. The summed E-state index contributed by atoms with van der Waals surface area (Å²) in [6, 6.07) is 17.9. The van der Waals surface area contributed by atoms with Gasteiger partial charge in [-0.05, 0) is 80.4 Å². The Balaban J connectivity index is 1.53. The maximum atomic E-state index is 13.0. The zero-order valence-corrected chi connectivity index (χ0v) is 19.8. The fourth-order valence-corrected chi connectivity index (χ4v) is 3.95. The summed E-state index contributed by atoms with van der Waals surface area (Å²) in [5.74, 6) is 0.901. The van der Waals surface area contributed by atoms with Gasteiger partial charge < -0.3 is 19.1 Å². The van der Waals surface area contributed by atoms with Crippen LogP contribution in [0.3, 0.4) is 0 Å². The van der Waals surface area contributed by atoms with Crippen LogP contribution < -0.4 is 19.1 Å². The maximum Gasteiger partial charge on any atom is 0.343 e. The number of rotatable bonds is 7. The summed E-state index contributed by atoms with van der Waals surface area (Å²) in [6.45, 7) is 7.89. The summed E-state index contributed by atoms with van der Waals surface area (Å²) in [5.41, 5.74) is 3.56. The molecule has 0 fully saturated rings. The highest BCUT2D eigenvalue weighted by Crippen LogP contribution is 2.38. The first-order valence-electron chi connectivity index (χ1n) is 11.2. The van der Waals surface area contributed by atoms with E-state index in [1.165, 1.54) is 0 Å². The molecule has 0 aliphatic carbocycles. The van der Waals surface area contributed by atoms with Crippen molar-refractivity contribution in [3.63, 3.8) is 0 Å². The summed E-state index contributed by atoms with van der Waals surface area (Å²) in [5, 5.41) is 0. The molecule has 3 aromatic carbocycles. The monoisotopic (exact) mass is 457 g/mol. The summed E-state index contributed by atoms with van der Waals surface area (Å²) in [7, 11) is 1.56. The van der Waals surface area contributed by atoms with Gasteiger partial charge in [-0.2, -0.15) is 0 Å². The number of aryl methyl sites for hydroxylation is 1. The molecule has 1 aliphatic heterocycles. The number of ether oxygens (including phenoxy) is 3. The van der Waals surface area contributed by atoms with Crippen molar-refractivity contribution in [1.29, 1.82) is 0 Å². The molecule has 4 rings (SSSR count). The van der Waals surface area contributed by atoms with Gasteiger partial charge in [0.2, 0.25) is 5.78 Å². The first-order valence-corrected chi connectivity index (χ1v) is 11.2. The molecule has 0 unspecified atom stereocenters. The highest BCUT2D eigenvalue weighted by molar-refractivity contribution is 6.15. The number of Topliss-reactive ketones (excluding diaryl/α,β-unsaturated/α-hetero) is 1. The van der Waals surface area contributed by atoms with Crippen LogP contribution in [0.1, 0.15) is 45.7 Å². The molecule has 174 valence electrons. The number of anilines is 1. The Bertz CT molecular complexity index is 1240. The van der Waals surface area contributed by atoms with Crippen LogP contribution in [-0.2, 0) is 0 Å². The molecule has 1 aliphatic rings. The van der Waals surface area contributed by atoms with Crippen LogP contribution in [0.2, 0.25) is 0 Å². The Kier molecular flexibility index (Phi) is 6.68. The van der Waals surface area contributed by atoms with Crippen LogP contribution in [0, 0.1) is 6.92 Å². The zero-order valence-electron chi connectivity index (χ0n) is 19.8. The fraction of sp³-hybridized carbons (Fsp3) is 0.214. The lowest BCUT2D eigenvalue weighted by Gasteiger charge is -2.20. The quantitative estimate of drug-likeness (QED) is 0.258. The number of benzene rings is 3. The van der Waals surface area contributed by atoms with E-state index >= 15 is 0 Å². The molecule has 0 amide bonds. The molecule has 6 heteroatoms. The van der Waals surface area contributed by atoms with E-state index in [9.17, 15) is 9.59 Å². The third kappa shape index (κ3) is 4.66. The second kappa shape index (κ2) is 9.83. The van der Waals surface area contributed by atoms with E-state index in [0.29, 0.717) is 33.9 Å². The van der Waals surface area contributed by atoms with E-state index in [2.05, 4.69) is 18.7 Å². The van der Waals surface area contributed by atoms with E-state index in [1.807, 2.05) is 24.3 Å². The van der Waals surface area contributed by atoms with Gasteiger partial charge in [0.15, 0.2) is 5.76 Å². The zero-order chi connectivity index (χ0) is 24.2. The third-order valence-corrected chi connectivity index (χ3v) is 5.80. The number of ketones is 1. The van der Waals surface area contributed by atoms with Crippen molar-refractivity contribution in [3.05, 3.63) is 88.7 Å². The summed E-state index contributed by atoms with van der Waals surface area (Å²) in [6.07, 6.45) is 1.73. The average Bonchev–Trinajstić information content (AvgIpc) is 3.16. The number of hydrogen-bond donors (Lipinski definition) is 0. The number of allylic oxidation sites excluding steroid dienone is 1. The van der Waals surface area contributed by atoms with Gasteiger partial charge in [0.1, 0.15) is 17.2 Å². The molecule has 0 N–H and O–H groups in total. The lowest BCUT2D eigenvalue weighted by molar-refractivity contribution is 0.0734. The second-order valence-corrected chi connectivity index (χ2v) is 7.93. The first kappa shape index (κ1) is 23.1. The molecule has 6 nitrogen and oxygen atoms in total. The first-order chi connectivity index (χ1) is 16.4. The average molecular weight is 458 g/mol. The molecule has 0 saturated heterocycles. The molecular formula is C28H27NO5. The molecule has 34 heavy (non-hydrogen) atoms. The standard InChI is InChI=1S/C28H27NO5/c1-5-29(6-2)21-11-7-19(8-12-21)16-25-27(30)26-18(3)15-23(17-24(26)34-25)33-28(31)20-9-13-22(32-4)14-10-20/h7-17H,5-6H2,1-4H3/b25-16-. The third-order valence-electron chi connectivity index (χ3n) is 5.80. The highest BCUT2D eigenvalue weighted by atomic mass is 16.5. The molecule has 0 bridgehead atoms. The van der Waals surface area contributed by atoms with E-state index in [4.69, 9.17) is 14.2 Å². The summed E-state index contributed by atoms with van der Waals surface area (Å²) >= 11 is 0. The smallest absolute Gasteiger partial charge is 0.343 e. The fourth-order valence-electron chi connectivity index (χ4n) is 3.95. The number of hydrogen-bond acceptors (Lipinski definition) is 6. The number of fused-ring (bicyclic) bond motifs is 1. The van der Waals surface area contributed by atoms with Gasteiger partial charge in [-0.1, -0.05) is 12.1 Å². The Morgan fingerprint density at radius 1 is 0.971 bits per heavy atom. The summed E-state index contributed by atoms with van der Waals surface area (Å²) < 4.78 is 16.5. The minimum Gasteiger partial charge on any atom is -0.497 e. The Morgan fingerprint density at radius 2 is 1.65 bits per heavy atom. The number of nitrogens with zero attached hydrogens (tertiary/aromatic N) is 1. The lowest BCUT2D eigenvalue weighted by Crippen LogP contribution is -2.21. The molecule has 0 spiro atoms. The Morgan fingerprint density at radius 3 is 2.26 bits per heavy atom. The minimum atomic E-state index is -0.504. The van der Waals surface area contributed by atoms with Crippen LogP contribution in [0.15, 0.2) is 66.4 Å².